The monoisotopic (exact) mass is 480 g/mol. The van der Waals surface area contributed by atoms with Gasteiger partial charge in [0.1, 0.15) is 12.6 Å². The first-order valence-electron chi connectivity index (χ1n) is 11.7. The van der Waals surface area contributed by atoms with E-state index in [-0.39, 0.29) is 25.0 Å². The normalized spacial score (nSPS) is 20.6. The van der Waals surface area contributed by atoms with Gasteiger partial charge < -0.3 is 20.1 Å². The highest BCUT2D eigenvalue weighted by atomic mass is 32.2. The van der Waals surface area contributed by atoms with E-state index in [1.54, 1.807) is 0 Å². The number of ether oxygens (including phenoxy) is 1. The lowest BCUT2D eigenvalue weighted by atomic mass is 9.84. The number of fused-ring (bicyclic) bond motifs is 3. The topological polar surface area (TPSA) is 95.9 Å². The maximum absolute atomic E-state index is 13.4. The molecule has 0 unspecified atom stereocenters. The first kappa shape index (κ1) is 22.8. The van der Waals surface area contributed by atoms with E-state index in [0.29, 0.717) is 24.5 Å². The van der Waals surface area contributed by atoms with Crippen LogP contribution in [0.1, 0.15) is 42.7 Å². The fourth-order valence-corrected chi connectivity index (χ4v) is 6.71. The van der Waals surface area contributed by atoms with Crippen LogP contribution in [0, 0.1) is 5.41 Å². The van der Waals surface area contributed by atoms with Crippen LogP contribution >= 0.6 is 11.8 Å². The molecule has 0 aromatic heterocycles. The Hall–Kier alpha value is -3.00. The van der Waals surface area contributed by atoms with E-state index in [4.69, 9.17) is 4.74 Å². The van der Waals surface area contributed by atoms with Crippen LogP contribution in [0.2, 0.25) is 0 Å². The zero-order valence-corrected chi connectivity index (χ0v) is 19.7. The highest BCUT2D eigenvalue weighted by Crippen LogP contribution is 2.45. The van der Waals surface area contributed by atoms with Crippen LogP contribution in [0.4, 0.5) is 4.79 Å². The number of aliphatic carboxylic acids is 1. The third-order valence-corrected chi connectivity index (χ3v) is 8.37. The highest BCUT2D eigenvalue weighted by molar-refractivity contribution is 7.99. The molecule has 1 atom stereocenters. The molecule has 0 radical (unpaired) electrons. The minimum Gasteiger partial charge on any atom is -0.480 e. The van der Waals surface area contributed by atoms with Gasteiger partial charge in [-0.15, -0.1) is 11.8 Å². The van der Waals surface area contributed by atoms with Gasteiger partial charge in [0, 0.05) is 18.2 Å². The SMILES string of the molecule is O=C(NCC1(C(=O)N2CSC[C@H]2C(=O)O)CCCC1)OCC1c2ccccc2-c2ccccc21. The second kappa shape index (κ2) is 9.33. The number of rotatable bonds is 6. The number of hydrogen-bond donors (Lipinski definition) is 2. The Morgan fingerprint density at radius 2 is 1.65 bits per heavy atom. The van der Waals surface area contributed by atoms with Crippen molar-refractivity contribution in [2.45, 2.75) is 37.6 Å². The second-order valence-corrected chi connectivity index (χ2v) is 10.3. The number of carbonyl (C=O) groups excluding carboxylic acids is 2. The van der Waals surface area contributed by atoms with Crippen LogP contribution in [-0.4, -0.2) is 58.8 Å². The number of nitrogens with one attached hydrogen (secondary N) is 1. The largest absolute Gasteiger partial charge is 0.480 e. The summed E-state index contributed by atoms with van der Waals surface area (Å²) in [7, 11) is 0. The summed E-state index contributed by atoms with van der Waals surface area (Å²) in [6.07, 6.45) is 2.51. The molecule has 8 heteroatoms. The summed E-state index contributed by atoms with van der Waals surface area (Å²) in [6, 6.07) is 15.5. The molecule has 34 heavy (non-hydrogen) atoms. The minimum absolute atomic E-state index is 0.0295. The molecule has 2 N–H and O–H groups in total. The van der Waals surface area contributed by atoms with Gasteiger partial charge in [-0.05, 0) is 35.1 Å². The maximum atomic E-state index is 13.4. The van der Waals surface area contributed by atoms with Crippen molar-refractivity contribution in [3.05, 3.63) is 59.7 Å². The Bertz CT molecular complexity index is 1070. The molecular weight excluding hydrogens is 452 g/mol. The standard InChI is InChI=1S/C26H28N2O5S/c29-23(30)22-14-34-16-28(22)24(31)26(11-5-6-12-26)15-27-25(32)33-13-21-19-9-3-1-7-17(19)18-8-2-4-10-20(18)21/h1-4,7-10,21-22H,5-6,11-16H2,(H,27,32)(H,29,30)/t22-/m0/s1. The lowest BCUT2D eigenvalue weighted by Gasteiger charge is -2.33. The van der Waals surface area contributed by atoms with E-state index in [2.05, 4.69) is 29.6 Å². The smallest absolute Gasteiger partial charge is 0.407 e. The third kappa shape index (κ3) is 4.04. The van der Waals surface area contributed by atoms with Crippen molar-refractivity contribution in [3.8, 4) is 11.1 Å². The van der Waals surface area contributed by atoms with E-state index in [1.165, 1.54) is 27.8 Å². The second-order valence-electron chi connectivity index (χ2n) is 9.30. The van der Waals surface area contributed by atoms with E-state index in [9.17, 15) is 19.5 Å². The van der Waals surface area contributed by atoms with Crippen LogP contribution in [0.3, 0.4) is 0 Å². The number of hydrogen-bond acceptors (Lipinski definition) is 5. The van der Waals surface area contributed by atoms with Crippen molar-refractivity contribution in [2.75, 3.05) is 24.8 Å². The van der Waals surface area contributed by atoms with Crippen molar-refractivity contribution >= 4 is 29.7 Å². The van der Waals surface area contributed by atoms with Crippen LogP contribution in [-0.2, 0) is 14.3 Å². The molecule has 178 valence electrons. The predicted molar refractivity (Wildman–Crippen MR) is 130 cm³/mol. The molecule has 2 amide bonds. The highest BCUT2D eigenvalue weighted by Gasteiger charge is 2.48. The summed E-state index contributed by atoms with van der Waals surface area (Å²) >= 11 is 1.45. The molecule has 1 heterocycles. The van der Waals surface area contributed by atoms with Gasteiger partial charge in [-0.1, -0.05) is 61.4 Å². The molecule has 5 rings (SSSR count). The summed E-state index contributed by atoms with van der Waals surface area (Å²) < 4.78 is 5.64. The van der Waals surface area contributed by atoms with Gasteiger partial charge in [0.2, 0.25) is 5.91 Å². The molecular formula is C26H28N2O5S. The number of carboxylic acids is 1. The van der Waals surface area contributed by atoms with Crippen LogP contribution < -0.4 is 5.32 Å². The molecule has 1 saturated carbocycles. The van der Waals surface area contributed by atoms with Crippen molar-refractivity contribution in [1.29, 1.82) is 0 Å². The van der Waals surface area contributed by atoms with Gasteiger partial charge in [-0.25, -0.2) is 9.59 Å². The lowest BCUT2D eigenvalue weighted by Crippen LogP contribution is -2.52. The van der Waals surface area contributed by atoms with Crippen molar-refractivity contribution in [3.63, 3.8) is 0 Å². The molecule has 1 saturated heterocycles. The summed E-state index contributed by atoms with van der Waals surface area (Å²) in [5.41, 5.74) is 3.86. The molecule has 2 aromatic rings. The summed E-state index contributed by atoms with van der Waals surface area (Å²) in [5, 5.41) is 12.3. The van der Waals surface area contributed by atoms with Crippen molar-refractivity contribution in [1.82, 2.24) is 10.2 Å². The number of thioether (sulfide) groups is 1. The Balaban J connectivity index is 1.24. The Kier molecular flexibility index (Phi) is 6.25. The quantitative estimate of drug-likeness (QED) is 0.647. The molecule has 0 bridgehead atoms. The number of carboxylic acid groups (broad SMARTS) is 1. The van der Waals surface area contributed by atoms with Crippen LogP contribution in [0.5, 0.6) is 0 Å². The lowest BCUT2D eigenvalue weighted by molar-refractivity contribution is -0.152. The number of nitrogens with zero attached hydrogens (tertiary/aromatic N) is 1. The first-order valence-corrected chi connectivity index (χ1v) is 12.9. The zero-order valence-electron chi connectivity index (χ0n) is 18.9. The average molecular weight is 481 g/mol. The molecule has 7 nitrogen and oxygen atoms in total. The molecule has 3 aliphatic rings. The first-order chi connectivity index (χ1) is 16.5. The fourth-order valence-electron chi connectivity index (χ4n) is 5.56. The predicted octanol–water partition coefficient (Wildman–Crippen LogP) is 4.07. The van der Waals surface area contributed by atoms with Gasteiger partial charge in [-0.3, -0.25) is 4.79 Å². The third-order valence-electron chi connectivity index (χ3n) is 7.36. The Morgan fingerprint density at radius 3 is 2.26 bits per heavy atom. The van der Waals surface area contributed by atoms with E-state index >= 15 is 0 Å². The van der Waals surface area contributed by atoms with Gasteiger partial charge in [-0.2, -0.15) is 0 Å². The van der Waals surface area contributed by atoms with Crippen LogP contribution in [0.15, 0.2) is 48.5 Å². The Labute approximate surface area is 202 Å². The number of alkyl carbamates (subject to hydrolysis) is 1. The summed E-state index contributed by atoms with van der Waals surface area (Å²) in [4.78, 5) is 39.1. The number of amides is 2. The van der Waals surface area contributed by atoms with Crippen molar-refractivity contribution < 1.29 is 24.2 Å². The molecule has 2 fully saturated rings. The van der Waals surface area contributed by atoms with E-state index < -0.39 is 23.5 Å². The Morgan fingerprint density at radius 1 is 1.03 bits per heavy atom. The fraction of sp³-hybridized carbons (Fsp3) is 0.423. The zero-order chi connectivity index (χ0) is 23.7. The van der Waals surface area contributed by atoms with Crippen LogP contribution in [0.25, 0.3) is 11.1 Å². The van der Waals surface area contributed by atoms with Gasteiger partial charge in [0.15, 0.2) is 0 Å². The molecule has 0 spiro atoms. The number of benzene rings is 2. The molecule has 2 aromatic carbocycles. The summed E-state index contributed by atoms with van der Waals surface area (Å²) in [6.45, 7) is 0.376. The van der Waals surface area contributed by atoms with Gasteiger partial charge in [0.05, 0.1) is 11.3 Å². The minimum atomic E-state index is -0.976. The molecule has 2 aliphatic carbocycles. The van der Waals surface area contributed by atoms with Gasteiger partial charge >= 0.3 is 12.1 Å². The van der Waals surface area contributed by atoms with E-state index in [0.717, 1.165) is 24.0 Å². The van der Waals surface area contributed by atoms with E-state index in [1.807, 2.05) is 24.3 Å². The van der Waals surface area contributed by atoms with Gasteiger partial charge in [0.25, 0.3) is 0 Å². The summed E-state index contributed by atoms with van der Waals surface area (Å²) in [5.74, 6) is -0.394. The van der Waals surface area contributed by atoms with Crippen molar-refractivity contribution in [2.24, 2.45) is 5.41 Å². The molecule has 1 aliphatic heterocycles. The average Bonchev–Trinajstić information content (AvgIpc) is 3.59. The number of carbonyl (C=O) groups is 3. The maximum Gasteiger partial charge on any atom is 0.407 e.